The maximum Gasteiger partial charge on any atom is 0.307 e. The summed E-state index contributed by atoms with van der Waals surface area (Å²) in [4.78, 5) is 26.9. The highest BCUT2D eigenvalue weighted by Gasteiger charge is 2.65. The van der Waals surface area contributed by atoms with Gasteiger partial charge in [-0.1, -0.05) is 25.4 Å². The number of carbonyl (C=O) groups excluding carboxylic acids is 1. The number of halogens is 1. The van der Waals surface area contributed by atoms with Crippen LogP contribution in [0.3, 0.4) is 0 Å². The number of hydrogen-bond donors (Lipinski definition) is 2. The Morgan fingerprint density at radius 1 is 1.44 bits per heavy atom. The average molecular weight is 269 g/mol. The number of carboxylic acids is 1. The molecule has 2 rings (SSSR count). The first-order chi connectivity index (χ1) is 8.34. The van der Waals surface area contributed by atoms with Crippen molar-refractivity contribution in [2.24, 2.45) is 17.3 Å². The molecule has 0 spiro atoms. The van der Waals surface area contributed by atoms with Crippen LogP contribution in [-0.2, 0) is 9.59 Å². The number of anilines is 1. The summed E-state index contributed by atoms with van der Waals surface area (Å²) in [7, 11) is 0. The molecular weight excluding hydrogens is 256 g/mol. The van der Waals surface area contributed by atoms with E-state index in [-0.39, 0.29) is 5.91 Å². The predicted octanol–water partition coefficient (Wildman–Crippen LogP) is 2.03. The van der Waals surface area contributed by atoms with E-state index in [2.05, 4.69) is 10.3 Å². The van der Waals surface area contributed by atoms with Crippen molar-refractivity contribution in [2.75, 3.05) is 5.32 Å². The third kappa shape index (κ3) is 2.18. The van der Waals surface area contributed by atoms with E-state index >= 15 is 0 Å². The van der Waals surface area contributed by atoms with Crippen LogP contribution >= 0.6 is 11.6 Å². The Morgan fingerprint density at radius 3 is 2.61 bits per heavy atom. The lowest BCUT2D eigenvalue weighted by Crippen LogP contribution is -2.18. The largest absolute Gasteiger partial charge is 0.481 e. The van der Waals surface area contributed by atoms with Crippen LogP contribution in [0.4, 0.5) is 5.82 Å². The molecular formula is C12H13ClN2O3. The lowest BCUT2D eigenvalue weighted by Gasteiger charge is -2.05. The zero-order valence-electron chi connectivity index (χ0n) is 9.98. The lowest BCUT2D eigenvalue weighted by molar-refractivity contribution is -0.140. The van der Waals surface area contributed by atoms with Crippen molar-refractivity contribution in [3.63, 3.8) is 0 Å². The first kappa shape index (κ1) is 12.8. The highest BCUT2D eigenvalue weighted by atomic mass is 35.5. The number of aromatic nitrogens is 1. The Hall–Kier alpha value is -1.62. The van der Waals surface area contributed by atoms with E-state index in [1.807, 2.05) is 0 Å². The van der Waals surface area contributed by atoms with E-state index in [4.69, 9.17) is 16.7 Å². The number of pyridine rings is 1. The highest BCUT2D eigenvalue weighted by Crippen LogP contribution is 2.58. The minimum atomic E-state index is -0.945. The van der Waals surface area contributed by atoms with Crippen molar-refractivity contribution >= 4 is 29.3 Å². The van der Waals surface area contributed by atoms with Crippen molar-refractivity contribution in [3.05, 3.63) is 23.4 Å². The van der Waals surface area contributed by atoms with Gasteiger partial charge in [-0.25, -0.2) is 4.98 Å². The molecule has 0 bridgehead atoms. The molecule has 1 aromatic heterocycles. The van der Waals surface area contributed by atoms with Gasteiger partial charge in [0.2, 0.25) is 5.91 Å². The van der Waals surface area contributed by atoms with Gasteiger partial charge in [-0.15, -0.1) is 0 Å². The van der Waals surface area contributed by atoms with Gasteiger partial charge in [-0.3, -0.25) is 9.59 Å². The molecule has 2 N–H and O–H groups in total. The molecule has 6 heteroatoms. The smallest absolute Gasteiger partial charge is 0.307 e. The maximum atomic E-state index is 12.0. The van der Waals surface area contributed by atoms with E-state index in [1.54, 1.807) is 19.9 Å². The molecule has 0 aliphatic heterocycles. The fourth-order valence-electron chi connectivity index (χ4n) is 2.27. The topological polar surface area (TPSA) is 79.3 Å². The second kappa shape index (κ2) is 4.24. The summed E-state index contributed by atoms with van der Waals surface area (Å²) in [5.74, 6) is -2.12. The predicted molar refractivity (Wildman–Crippen MR) is 66.3 cm³/mol. The van der Waals surface area contributed by atoms with Crippen LogP contribution in [0.1, 0.15) is 13.8 Å². The van der Waals surface area contributed by atoms with Gasteiger partial charge in [0, 0.05) is 11.2 Å². The van der Waals surface area contributed by atoms with Crippen molar-refractivity contribution in [1.29, 1.82) is 0 Å². The number of carboxylic acid groups (broad SMARTS) is 1. The van der Waals surface area contributed by atoms with Gasteiger partial charge in [0.25, 0.3) is 0 Å². The van der Waals surface area contributed by atoms with Crippen LogP contribution in [0.5, 0.6) is 0 Å². The van der Waals surface area contributed by atoms with Crippen molar-refractivity contribution < 1.29 is 14.7 Å². The van der Waals surface area contributed by atoms with Gasteiger partial charge in [-0.2, -0.15) is 0 Å². The SMILES string of the molecule is CC1(C)[C@H](C(=O)Nc2cc(Cl)ccn2)[C@@H]1C(=O)O. The number of hydrogen-bond acceptors (Lipinski definition) is 3. The lowest BCUT2D eigenvalue weighted by atomic mass is 10.1. The molecule has 5 nitrogen and oxygen atoms in total. The molecule has 1 amide bonds. The van der Waals surface area contributed by atoms with Crippen LogP contribution in [0.25, 0.3) is 0 Å². The number of amides is 1. The summed E-state index contributed by atoms with van der Waals surface area (Å²) in [6, 6.07) is 3.11. The summed E-state index contributed by atoms with van der Waals surface area (Å²) >= 11 is 5.77. The average Bonchev–Trinajstić information content (AvgIpc) is 2.81. The van der Waals surface area contributed by atoms with Crippen LogP contribution < -0.4 is 5.32 Å². The molecule has 96 valence electrons. The number of rotatable bonds is 3. The first-order valence-electron chi connectivity index (χ1n) is 5.49. The molecule has 1 aliphatic carbocycles. The van der Waals surface area contributed by atoms with Crippen molar-refractivity contribution in [1.82, 2.24) is 4.98 Å². The molecule has 18 heavy (non-hydrogen) atoms. The third-order valence-corrected chi connectivity index (χ3v) is 3.58. The van der Waals surface area contributed by atoms with Gasteiger partial charge in [0.05, 0.1) is 11.8 Å². The molecule has 0 radical (unpaired) electrons. The van der Waals surface area contributed by atoms with E-state index in [1.165, 1.54) is 12.3 Å². The molecule has 1 heterocycles. The molecule has 0 aromatic carbocycles. The maximum absolute atomic E-state index is 12.0. The molecule has 2 atom stereocenters. The standard InChI is InChI=1S/C12H13ClN2O3/c1-12(2)8(9(12)11(17)18)10(16)15-7-5-6(13)3-4-14-7/h3-5,8-9H,1-2H3,(H,17,18)(H,14,15,16)/t8-,9+/m0/s1. The minimum Gasteiger partial charge on any atom is -0.481 e. The number of nitrogens with zero attached hydrogens (tertiary/aromatic N) is 1. The van der Waals surface area contributed by atoms with Crippen molar-refractivity contribution in [3.8, 4) is 0 Å². The van der Waals surface area contributed by atoms with Gasteiger partial charge < -0.3 is 10.4 Å². The molecule has 1 fully saturated rings. The van der Waals surface area contributed by atoms with Crippen LogP contribution in [0.15, 0.2) is 18.3 Å². The van der Waals surface area contributed by atoms with Gasteiger partial charge >= 0.3 is 5.97 Å². The molecule has 1 aromatic rings. The normalized spacial score (nSPS) is 24.4. The van der Waals surface area contributed by atoms with Gasteiger partial charge in [-0.05, 0) is 17.5 Å². The van der Waals surface area contributed by atoms with E-state index < -0.39 is 23.2 Å². The quantitative estimate of drug-likeness (QED) is 0.879. The summed E-state index contributed by atoms with van der Waals surface area (Å²) in [5, 5.41) is 12.1. The number of carbonyl (C=O) groups is 2. The number of aliphatic carboxylic acids is 1. The molecule has 0 saturated heterocycles. The van der Waals surface area contributed by atoms with Crippen LogP contribution in [0, 0.1) is 17.3 Å². The van der Waals surface area contributed by atoms with E-state index in [0.717, 1.165) is 0 Å². The Balaban J connectivity index is 2.08. The Bertz CT molecular complexity index is 516. The minimum absolute atomic E-state index is 0.331. The first-order valence-corrected chi connectivity index (χ1v) is 5.87. The fraction of sp³-hybridized carbons (Fsp3) is 0.417. The van der Waals surface area contributed by atoms with Crippen molar-refractivity contribution in [2.45, 2.75) is 13.8 Å². The summed E-state index contributed by atoms with van der Waals surface area (Å²) in [6.07, 6.45) is 1.48. The zero-order valence-corrected chi connectivity index (χ0v) is 10.7. The highest BCUT2D eigenvalue weighted by molar-refractivity contribution is 6.30. The molecule has 1 saturated carbocycles. The van der Waals surface area contributed by atoms with Crippen LogP contribution in [0.2, 0.25) is 5.02 Å². The fourth-order valence-corrected chi connectivity index (χ4v) is 2.42. The zero-order chi connectivity index (χ0) is 13.5. The Labute approximate surface area is 109 Å². The number of nitrogens with one attached hydrogen (secondary N) is 1. The van der Waals surface area contributed by atoms with Gasteiger partial charge in [0.1, 0.15) is 5.82 Å². The monoisotopic (exact) mass is 268 g/mol. The second-order valence-corrected chi connectivity index (χ2v) is 5.40. The van der Waals surface area contributed by atoms with E-state index in [9.17, 15) is 9.59 Å². The Kier molecular flexibility index (Phi) is 3.02. The summed E-state index contributed by atoms with van der Waals surface area (Å²) < 4.78 is 0. The third-order valence-electron chi connectivity index (χ3n) is 3.35. The molecule has 1 aliphatic rings. The Morgan fingerprint density at radius 2 is 2.11 bits per heavy atom. The second-order valence-electron chi connectivity index (χ2n) is 4.96. The van der Waals surface area contributed by atoms with E-state index in [0.29, 0.717) is 10.8 Å². The van der Waals surface area contributed by atoms with Gasteiger partial charge in [0.15, 0.2) is 0 Å². The summed E-state index contributed by atoms with van der Waals surface area (Å²) in [5.41, 5.74) is -0.519. The van der Waals surface area contributed by atoms with Crippen LogP contribution in [-0.4, -0.2) is 22.0 Å². The summed E-state index contributed by atoms with van der Waals surface area (Å²) in [6.45, 7) is 3.53. The molecule has 0 unspecified atom stereocenters.